The average molecular weight is 501 g/mol. The number of hydrogen-bond donors (Lipinski definition) is 1. The molecule has 9 nitrogen and oxygen atoms in total. The van der Waals surface area contributed by atoms with Crippen LogP contribution in [-0.4, -0.2) is 39.0 Å². The van der Waals surface area contributed by atoms with E-state index in [1.54, 1.807) is 0 Å². The average Bonchev–Trinajstić information content (AvgIpc) is 3.35. The first-order chi connectivity index (χ1) is 15.9. The molecule has 1 atom stereocenters. The highest BCUT2D eigenvalue weighted by atomic mass is 32.2. The second-order valence-electron chi connectivity index (χ2n) is 7.80. The zero-order chi connectivity index (χ0) is 24.5. The number of ether oxygens (including phenoxy) is 2. The number of anilines is 1. The lowest BCUT2D eigenvalue weighted by atomic mass is 9.81. The lowest BCUT2D eigenvalue weighted by Gasteiger charge is -2.34. The number of hydrogen-bond acceptors (Lipinski definition) is 8. The Morgan fingerprint density at radius 2 is 1.94 bits per heavy atom. The number of rotatable bonds is 3. The van der Waals surface area contributed by atoms with Crippen molar-refractivity contribution in [3.63, 3.8) is 0 Å². The summed E-state index contributed by atoms with van der Waals surface area (Å²) in [4.78, 5) is 17.9. The molecule has 0 aromatic heterocycles. The summed E-state index contributed by atoms with van der Waals surface area (Å²) >= 11 is 0. The molecule has 0 bridgehead atoms. The molecule has 2 aromatic carbocycles. The molecule has 1 spiro atoms. The van der Waals surface area contributed by atoms with E-state index in [4.69, 9.17) is 15.2 Å². The van der Waals surface area contributed by atoms with E-state index >= 15 is 4.39 Å². The van der Waals surface area contributed by atoms with E-state index in [2.05, 4.69) is 9.18 Å². The minimum atomic E-state index is -5.95. The molecule has 3 heterocycles. The Morgan fingerprint density at radius 3 is 2.56 bits per heavy atom. The molecule has 5 rings (SSSR count). The molecule has 180 valence electrons. The molecule has 0 saturated carbocycles. The summed E-state index contributed by atoms with van der Waals surface area (Å²) in [7, 11) is -5.95. The molecule has 34 heavy (non-hydrogen) atoms. The number of amides is 1. The van der Waals surface area contributed by atoms with Gasteiger partial charge in [0.25, 0.3) is 6.02 Å². The van der Waals surface area contributed by atoms with Gasteiger partial charge < -0.3 is 24.3 Å². The third kappa shape index (κ3) is 3.31. The highest BCUT2D eigenvalue weighted by Crippen LogP contribution is 2.53. The van der Waals surface area contributed by atoms with Gasteiger partial charge in [0.2, 0.25) is 5.91 Å². The van der Waals surface area contributed by atoms with Crippen molar-refractivity contribution in [2.75, 3.05) is 18.1 Å². The molecule has 0 radical (unpaired) electrons. The maximum absolute atomic E-state index is 15.2. The zero-order valence-corrected chi connectivity index (χ0v) is 17.9. The van der Waals surface area contributed by atoms with Crippen LogP contribution in [0.15, 0.2) is 35.3 Å². The van der Waals surface area contributed by atoms with Crippen LogP contribution >= 0.6 is 0 Å². The van der Waals surface area contributed by atoms with Gasteiger partial charge in [-0.05, 0) is 30.7 Å². The van der Waals surface area contributed by atoms with Gasteiger partial charge in [-0.2, -0.15) is 21.6 Å². The summed E-state index contributed by atoms with van der Waals surface area (Å²) in [5.41, 5.74) is -1.14. The first-order valence-corrected chi connectivity index (χ1v) is 11.3. The van der Waals surface area contributed by atoms with E-state index in [0.717, 1.165) is 24.3 Å². The molecule has 1 amide bonds. The van der Waals surface area contributed by atoms with Gasteiger partial charge in [0.05, 0.1) is 0 Å². The number of nitrogens with zero attached hydrogens (tertiary/aromatic N) is 2. The Morgan fingerprint density at radius 1 is 1.18 bits per heavy atom. The van der Waals surface area contributed by atoms with Gasteiger partial charge in [-0.25, -0.2) is 9.38 Å². The number of fused-ring (bicyclic) bond motifs is 4. The normalized spacial score (nSPS) is 21.6. The minimum Gasteiger partial charge on any atom is -0.462 e. The molecule has 3 aliphatic heterocycles. The van der Waals surface area contributed by atoms with Crippen molar-refractivity contribution in [2.24, 2.45) is 10.7 Å². The van der Waals surface area contributed by atoms with Crippen LogP contribution in [0, 0.1) is 5.82 Å². The summed E-state index contributed by atoms with van der Waals surface area (Å²) in [6.07, 6.45) is 0.885. The Hall–Kier alpha value is -3.55. The molecule has 14 heteroatoms. The number of aliphatic imine (C=N–C) groups is 1. The van der Waals surface area contributed by atoms with Gasteiger partial charge in [-0.1, -0.05) is 0 Å². The largest absolute Gasteiger partial charge is 0.534 e. The maximum Gasteiger partial charge on any atom is 0.534 e. The van der Waals surface area contributed by atoms with Crippen LogP contribution in [0.3, 0.4) is 0 Å². The maximum atomic E-state index is 15.2. The monoisotopic (exact) mass is 501 g/mol. The van der Waals surface area contributed by atoms with Crippen molar-refractivity contribution >= 4 is 27.7 Å². The smallest absolute Gasteiger partial charge is 0.462 e. The van der Waals surface area contributed by atoms with E-state index in [-0.39, 0.29) is 46.8 Å². The van der Waals surface area contributed by atoms with Crippen molar-refractivity contribution < 1.29 is 44.4 Å². The first-order valence-electron chi connectivity index (χ1n) is 9.87. The number of benzene rings is 2. The van der Waals surface area contributed by atoms with Crippen LogP contribution in [-0.2, 0) is 25.2 Å². The second kappa shape index (κ2) is 7.22. The quantitative estimate of drug-likeness (QED) is 0.390. The van der Waals surface area contributed by atoms with E-state index in [1.807, 2.05) is 0 Å². The van der Waals surface area contributed by atoms with Gasteiger partial charge in [0, 0.05) is 35.8 Å². The standard InChI is InChI=1S/C20H15F4N3O6S/c21-14-7-10(27-5-1-2-16(27)28)6-13-17(14)32-15-4-3-11(33-34(29,30)20(22,23)24)8-12(15)19(13)9-31-18(25)26-19/h3-4,6-8H,1-2,5,9H2,(H2,25,26). The number of alkyl halides is 3. The lowest BCUT2D eigenvalue weighted by Crippen LogP contribution is -2.33. The highest BCUT2D eigenvalue weighted by Gasteiger charge is 2.51. The summed E-state index contributed by atoms with van der Waals surface area (Å²) in [6, 6.07) is 5.36. The molecule has 1 saturated heterocycles. The first kappa shape index (κ1) is 22.3. The van der Waals surface area contributed by atoms with Gasteiger partial charge in [0.15, 0.2) is 17.1 Å². The van der Waals surface area contributed by atoms with Crippen LogP contribution in [0.25, 0.3) is 0 Å². The van der Waals surface area contributed by atoms with Crippen molar-refractivity contribution in [2.45, 2.75) is 23.9 Å². The van der Waals surface area contributed by atoms with Crippen LogP contribution < -0.4 is 19.6 Å². The number of carbonyl (C=O) groups is 1. The molecule has 2 aromatic rings. The highest BCUT2D eigenvalue weighted by molar-refractivity contribution is 7.88. The molecule has 1 unspecified atom stereocenters. The van der Waals surface area contributed by atoms with Crippen LogP contribution in [0.4, 0.5) is 23.2 Å². The Kier molecular flexibility index (Phi) is 4.73. The molecule has 0 aliphatic carbocycles. The van der Waals surface area contributed by atoms with Crippen molar-refractivity contribution in [1.82, 2.24) is 0 Å². The van der Waals surface area contributed by atoms with E-state index < -0.39 is 32.7 Å². The van der Waals surface area contributed by atoms with Crippen LogP contribution in [0.2, 0.25) is 0 Å². The number of amidine groups is 1. The zero-order valence-electron chi connectivity index (χ0n) is 17.1. The number of nitrogens with two attached hydrogens (primary N) is 1. The summed E-state index contributed by atoms with van der Waals surface area (Å²) in [6.45, 7) is 0.0885. The topological polar surface area (TPSA) is 121 Å². The van der Waals surface area contributed by atoms with Crippen molar-refractivity contribution in [1.29, 1.82) is 0 Å². The third-order valence-corrected chi connectivity index (χ3v) is 6.67. The molecule has 2 N–H and O–H groups in total. The predicted molar refractivity (Wildman–Crippen MR) is 108 cm³/mol. The lowest BCUT2D eigenvalue weighted by molar-refractivity contribution is -0.117. The predicted octanol–water partition coefficient (Wildman–Crippen LogP) is 2.88. The van der Waals surface area contributed by atoms with Gasteiger partial charge in [-0.3, -0.25) is 4.79 Å². The minimum absolute atomic E-state index is 0.0183. The van der Waals surface area contributed by atoms with E-state index in [9.17, 15) is 26.4 Å². The Bertz CT molecular complexity index is 1360. The second-order valence-corrected chi connectivity index (χ2v) is 9.33. The van der Waals surface area contributed by atoms with Gasteiger partial charge in [-0.15, -0.1) is 0 Å². The van der Waals surface area contributed by atoms with Crippen LogP contribution in [0.5, 0.6) is 17.2 Å². The number of halogens is 4. The summed E-state index contributed by atoms with van der Waals surface area (Å²) < 4.78 is 91.7. The van der Waals surface area contributed by atoms with Crippen molar-refractivity contribution in [3.8, 4) is 17.2 Å². The fraction of sp³-hybridized carbons (Fsp3) is 0.300. The molecular formula is C20H15F4N3O6S. The Balaban J connectivity index is 1.67. The van der Waals surface area contributed by atoms with Gasteiger partial charge in [0.1, 0.15) is 18.1 Å². The SMILES string of the molecule is NC1=NC2(CO1)c1cc(OS(=O)(=O)C(F)(F)F)ccc1Oc1c(F)cc(N3CCCC3=O)cc12. The fourth-order valence-electron chi connectivity index (χ4n) is 4.18. The third-order valence-electron chi connectivity index (χ3n) is 5.69. The summed E-state index contributed by atoms with van der Waals surface area (Å²) in [5, 5.41) is 0. The number of carbonyl (C=O) groups excluding carboxylic acids is 1. The van der Waals surface area contributed by atoms with E-state index in [0.29, 0.717) is 19.4 Å². The summed E-state index contributed by atoms with van der Waals surface area (Å²) in [5.74, 6) is -1.94. The Labute approximate surface area is 189 Å². The fourth-order valence-corrected chi connectivity index (χ4v) is 4.63. The van der Waals surface area contributed by atoms with E-state index in [1.165, 1.54) is 11.0 Å². The van der Waals surface area contributed by atoms with Gasteiger partial charge >= 0.3 is 15.6 Å². The van der Waals surface area contributed by atoms with Crippen LogP contribution in [0.1, 0.15) is 24.0 Å². The molecule has 3 aliphatic rings. The molecule has 1 fully saturated rings. The van der Waals surface area contributed by atoms with Crippen molar-refractivity contribution in [3.05, 3.63) is 47.3 Å². The molecular weight excluding hydrogens is 486 g/mol.